The van der Waals surface area contributed by atoms with Crippen LogP contribution in [0.15, 0.2) is 39.8 Å². The largest absolute Gasteiger partial charge is 0.366 e. The fraction of sp³-hybridized carbons (Fsp3) is 0.462. The Morgan fingerprint density at radius 1 is 1.06 bits per heavy atom. The third-order valence-electron chi connectivity index (χ3n) is 2.80. The molecule has 4 nitrogen and oxygen atoms in total. The van der Waals surface area contributed by atoms with Gasteiger partial charge in [0.05, 0.1) is 5.69 Å². The second-order valence-corrected chi connectivity index (χ2v) is 7.63. The molecule has 100 valence electrons. The molecule has 0 radical (unpaired) electrons. The summed E-state index contributed by atoms with van der Waals surface area (Å²) in [6, 6.07) is 10.0. The van der Waals surface area contributed by atoms with Crippen molar-refractivity contribution in [2.75, 3.05) is 34.9 Å². The molecular formula is C13H23N4P. The van der Waals surface area contributed by atoms with Crippen LogP contribution in [0.1, 0.15) is 6.92 Å². The van der Waals surface area contributed by atoms with Crippen LogP contribution in [0, 0.1) is 0 Å². The Labute approximate surface area is 111 Å². The second-order valence-electron chi connectivity index (χ2n) is 4.69. The molecule has 0 aliphatic heterocycles. The predicted octanol–water partition coefficient (Wildman–Crippen LogP) is 3.52. The van der Waals surface area contributed by atoms with Gasteiger partial charge in [-0.05, 0) is 33.2 Å². The lowest BCUT2D eigenvalue weighted by Gasteiger charge is -2.25. The maximum absolute atomic E-state index is 4.84. The first-order valence-electron chi connectivity index (χ1n) is 5.92. The highest BCUT2D eigenvalue weighted by atomic mass is 31.2. The van der Waals surface area contributed by atoms with Gasteiger partial charge in [-0.3, -0.25) is 4.67 Å². The summed E-state index contributed by atoms with van der Waals surface area (Å²) in [5, 5.41) is 0. The van der Waals surface area contributed by atoms with E-state index in [-0.39, 0.29) is 0 Å². The average molecular weight is 266 g/mol. The molecular weight excluding hydrogens is 243 g/mol. The molecule has 1 atom stereocenters. The SMILES string of the molecule is CC(=NP(C)(=Nc1ccccc1)N(C)C)N(C)C. The molecule has 5 heteroatoms. The quantitative estimate of drug-likeness (QED) is 0.476. The minimum atomic E-state index is -1.87. The van der Waals surface area contributed by atoms with Crippen LogP contribution in [0.2, 0.25) is 0 Å². The minimum absolute atomic E-state index is 0.984. The average Bonchev–Trinajstić information content (AvgIpc) is 2.29. The minimum Gasteiger partial charge on any atom is -0.366 e. The molecule has 1 aromatic carbocycles. The van der Waals surface area contributed by atoms with Crippen molar-refractivity contribution in [3.05, 3.63) is 30.3 Å². The number of nitrogens with zero attached hydrogens (tertiary/aromatic N) is 4. The third-order valence-corrected chi connectivity index (χ3v) is 5.59. The van der Waals surface area contributed by atoms with E-state index in [4.69, 9.17) is 9.51 Å². The van der Waals surface area contributed by atoms with Gasteiger partial charge in [0.1, 0.15) is 13.2 Å². The van der Waals surface area contributed by atoms with E-state index in [9.17, 15) is 0 Å². The number of hydrogen-bond donors (Lipinski definition) is 0. The molecule has 0 bridgehead atoms. The van der Waals surface area contributed by atoms with E-state index < -0.39 is 7.36 Å². The predicted molar refractivity (Wildman–Crippen MR) is 81.9 cm³/mol. The Morgan fingerprint density at radius 2 is 1.61 bits per heavy atom. The fourth-order valence-corrected chi connectivity index (χ4v) is 2.98. The zero-order valence-electron chi connectivity index (χ0n) is 12.1. The molecule has 0 saturated heterocycles. The van der Waals surface area contributed by atoms with Crippen molar-refractivity contribution in [1.82, 2.24) is 9.57 Å². The molecule has 0 fully saturated rings. The van der Waals surface area contributed by atoms with E-state index in [1.165, 1.54) is 0 Å². The highest BCUT2D eigenvalue weighted by Crippen LogP contribution is 2.51. The summed E-state index contributed by atoms with van der Waals surface area (Å²) in [6.45, 7) is 4.13. The number of rotatable bonds is 3. The van der Waals surface area contributed by atoms with Gasteiger partial charge in [-0.25, -0.2) is 9.51 Å². The van der Waals surface area contributed by atoms with Crippen molar-refractivity contribution in [1.29, 1.82) is 0 Å². The third kappa shape index (κ3) is 3.97. The first kappa shape index (κ1) is 14.9. The van der Waals surface area contributed by atoms with Gasteiger partial charge in [0, 0.05) is 20.8 Å². The summed E-state index contributed by atoms with van der Waals surface area (Å²) in [4.78, 5) is 2.02. The first-order chi connectivity index (χ1) is 8.35. The van der Waals surface area contributed by atoms with Gasteiger partial charge < -0.3 is 4.90 Å². The van der Waals surface area contributed by atoms with Crippen molar-refractivity contribution in [2.45, 2.75) is 6.92 Å². The van der Waals surface area contributed by atoms with Crippen LogP contribution in [0.25, 0.3) is 0 Å². The second kappa shape index (κ2) is 6.17. The Bertz CT molecular complexity index is 463. The summed E-state index contributed by atoms with van der Waals surface area (Å²) >= 11 is 0. The first-order valence-corrected chi connectivity index (χ1v) is 8.01. The lowest BCUT2D eigenvalue weighted by atomic mass is 10.3. The van der Waals surface area contributed by atoms with Gasteiger partial charge in [-0.15, -0.1) is 0 Å². The van der Waals surface area contributed by atoms with Crippen LogP contribution in [-0.2, 0) is 0 Å². The molecule has 0 aliphatic rings. The number of hydrogen-bond acceptors (Lipinski definition) is 1. The smallest absolute Gasteiger partial charge is 0.143 e. The normalized spacial score (nSPS) is 15.4. The fourth-order valence-electron chi connectivity index (χ4n) is 1.28. The molecule has 1 rings (SSSR count). The summed E-state index contributed by atoms with van der Waals surface area (Å²) < 4.78 is 11.8. The summed E-state index contributed by atoms with van der Waals surface area (Å²) in [5.74, 6) is 0.999. The molecule has 1 aromatic rings. The van der Waals surface area contributed by atoms with Gasteiger partial charge in [0.15, 0.2) is 0 Å². The Balaban J connectivity index is 3.25. The van der Waals surface area contributed by atoms with Crippen LogP contribution < -0.4 is 0 Å². The van der Waals surface area contributed by atoms with E-state index in [1.54, 1.807) is 0 Å². The maximum Gasteiger partial charge on any atom is 0.143 e. The van der Waals surface area contributed by atoms with E-state index >= 15 is 0 Å². The van der Waals surface area contributed by atoms with Gasteiger partial charge >= 0.3 is 0 Å². The lowest BCUT2D eigenvalue weighted by Crippen LogP contribution is -2.19. The van der Waals surface area contributed by atoms with Crippen LogP contribution in [-0.4, -0.2) is 50.3 Å². The molecule has 0 aromatic heterocycles. The molecule has 0 saturated carbocycles. The molecule has 18 heavy (non-hydrogen) atoms. The lowest BCUT2D eigenvalue weighted by molar-refractivity contribution is 0.617. The summed E-state index contributed by atoms with van der Waals surface area (Å²) in [7, 11) is 6.20. The van der Waals surface area contributed by atoms with Crippen molar-refractivity contribution in [3.8, 4) is 0 Å². The molecule has 0 amide bonds. The van der Waals surface area contributed by atoms with Crippen LogP contribution in [0.3, 0.4) is 0 Å². The number of benzene rings is 1. The van der Waals surface area contributed by atoms with E-state index in [1.807, 2.05) is 70.3 Å². The molecule has 0 aliphatic carbocycles. The van der Waals surface area contributed by atoms with E-state index in [2.05, 4.69) is 11.3 Å². The molecule has 0 N–H and O–H groups in total. The zero-order valence-corrected chi connectivity index (χ0v) is 13.0. The highest BCUT2D eigenvalue weighted by Gasteiger charge is 2.15. The molecule has 0 spiro atoms. The van der Waals surface area contributed by atoms with Crippen LogP contribution in [0.4, 0.5) is 5.69 Å². The van der Waals surface area contributed by atoms with Crippen molar-refractivity contribution < 1.29 is 0 Å². The van der Waals surface area contributed by atoms with Gasteiger partial charge in [-0.1, -0.05) is 18.2 Å². The molecule has 1 unspecified atom stereocenters. The monoisotopic (exact) mass is 266 g/mol. The van der Waals surface area contributed by atoms with Crippen molar-refractivity contribution in [3.63, 3.8) is 0 Å². The molecule has 0 heterocycles. The van der Waals surface area contributed by atoms with E-state index in [0.29, 0.717) is 0 Å². The van der Waals surface area contributed by atoms with Crippen molar-refractivity contribution >= 4 is 18.9 Å². The Morgan fingerprint density at radius 3 is 2.06 bits per heavy atom. The summed E-state index contributed by atoms with van der Waals surface area (Å²) in [6.07, 6.45) is 0. The highest BCUT2D eigenvalue weighted by molar-refractivity contribution is 7.62. The maximum atomic E-state index is 4.84. The zero-order chi connectivity index (χ0) is 13.8. The Kier molecular flexibility index (Phi) is 5.12. The standard InChI is InChI=1S/C13H23N4P/c1-12(16(2)3)14-18(6,17(4)5)15-13-10-8-7-9-11-13/h7-11H,1-6H3. The van der Waals surface area contributed by atoms with Gasteiger partial charge in [0.25, 0.3) is 0 Å². The van der Waals surface area contributed by atoms with Crippen LogP contribution in [0.5, 0.6) is 0 Å². The van der Waals surface area contributed by atoms with Gasteiger partial charge in [-0.2, -0.15) is 0 Å². The van der Waals surface area contributed by atoms with E-state index in [0.717, 1.165) is 11.5 Å². The summed E-state index contributed by atoms with van der Waals surface area (Å²) in [5.41, 5.74) is 0.984. The Hall–Kier alpha value is -1.12. The topological polar surface area (TPSA) is 31.2 Å². The van der Waals surface area contributed by atoms with Gasteiger partial charge in [0.2, 0.25) is 0 Å². The van der Waals surface area contributed by atoms with Crippen LogP contribution >= 0.6 is 7.36 Å². The van der Waals surface area contributed by atoms with Crippen molar-refractivity contribution in [2.24, 2.45) is 9.51 Å². The number of amidine groups is 1.